The molecule has 0 spiro atoms. The lowest BCUT2D eigenvalue weighted by atomic mass is 9.93. The number of alkyl carbamates (subject to hydrolysis) is 1. The van der Waals surface area contributed by atoms with Crippen LogP contribution in [-0.2, 0) is 14.2 Å². The first-order chi connectivity index (χ1) is 10.2. The van der Waals surface area contributed by atoms with Crippen molar-refractivity contribution in [3.8, 4) is 0 Å². The fourth-order valence-electron chi connectivity index (χ4n) is 2.48. The number of carbonyl (C=O) groups excluding carboxylic acids is 1. The van der Waals surface area contributed by atoms with Gasteiger partial charge in [0, 0.05) is 12.5 Å². The quantitative estimate of drug-likeness (QED) is 0.876. The van der Waals surface area contributed by atoms with E-state index in [9.17, 15) is 4.79 Å². The van der Waals surface area contributed by atoms with Gasteiger partial charge in [-0.05, 0) is 25.8 Å². The van der Waals surface area contributed by atoms with Gasteiger partial charge in [0.1, 0.15) is 0 Å². The Morgan fingerprint density at radius 3 is 2.81 bits per heavy atom. The van der Waals surface area contributed by atoms with Gasteiger partial charge in [-0.3, -0.25) is 0 Å². The number of hydrogen-bond acceptors (Lipinski definition) is 4. The molecule has 5 nitrogen and oxygen atoms in total. The predicted molar refractivity (Wildman–Crippen MR) is 79.1 cm³/mol. The van der Waals surface area contributed by atoms with Crippen molar-refractivity contribution in [1.82, 2.24) is 5.32 Å². The molecule has 5 heteroatoms. The molecule has 21 heavy (non-hydrogen) atoms. The van der Waals surface area contributed by atoms with Crippen molar-refractivity contribution in [2.75, 3.05) is 19.8 Å². The Hall–Kier alpha value is -1.59. The SMILES string of the molecule is CCOC(=O)NCC(CC1COC(C)O1)c1ccccc1. The zero-order chi connectivity index (χ0) is 15.1. The lowest BCUT2D eigenvalue weighted by Crippen LogP contribution is -2.31. The van der Waals surface area contributed by atoms with E-state index in [0.29, 0.717) is 19.8 Å². The van der Waals surface area contributed by atoms with Crippen molar-refractivity contribution in [2.45, 2.75) is 38.6 Å². The van der Waals surface area contributed by atoms with Crippen LogP contribution in [0.4, 0.5) is 4.79 Å². The van der Waals surface area contributed by atoms with Crippen molar-refractivity contribution in [1.29, 1.82) is 0 Å². The summed E-state index contributed by atoms with van der Waals surface area (Å²) in [5, 5.41) is 2.81. The van der Waals surface area contributed by atoms with E-state index in [2.05, 4.69) is 17.4 Å². The molecule has 1 aromatic rings. The van der Waals surface area contributed by atoms with E-state index in [-0.39, 0.29) is 24.4 Å². The maximum atomic E-state index is 11.5. The summed E-state index contributed by atoms with van der Waals surface area (Å²) in [7, 11) is 0. The Kier molecular flexibility index (Phi) is 6.02. The highest BCUT2D eigenvalue weighted by Crippen LogP contribution is 2.25. The van der Waals surface area contributed by atoms with Gasteiger partial charge in [-0.2, -0.15) is 0 Å². The monoisotopic (exact) mass is 293 g/mol. The third-order valence-corrected chi connectivity index (χ3v) is 3.49. The Balaban J connectivity index is 1.95. The first-order valence-electron chi connectivity index (χ1n) is 7.41. The summed E-state index contributed by atoms with van der Waals surface area (Å²) in [6.45, 7) is 5.19. The number of nitrogens with one attached hydrogen (secondary N) is 1. The number of hydrogen-bond donors (Lipinski definition) is 1. The molecule has 0 saturated carbocycles. The van der Waals surface area contributed by atoms with Crippen molar-refractivity contribution < 1.29 is 19.0 Å². The molecule has 1 aliphatic rings. The molecule has 0 radical (unpaired) electrons. The predicted octanol–water partition coefficient (Wildman–Crippen LogP) is 2.67. The fourth-order valence-corrected chi connectivity index (χ4v) is 2.48. The Morgan fingerprint density at radius 1 is 1.43 bits per heavy atom. The van der Waals surface area contributed by atoms with Gasteiger partial charge in [0.2, 0.25) is 0 Å². The zero-order valence-corrected chi connectivity index (χ0v) is 12.6. The van der Waals surface area contributed by atoms with E-state index in [4.69, 9.17) is 14.2 Å². The number of carbonyl (C=O) groups is 1. The third kappa shape index (κ3) is 5.02. The number of benzene rings is 1. The second-order valence-corrected chi connectivity index (χ2v) is 5.10. The van der Waals surface area contributed by atoms with Gasteiger partial charge >= 0.3 is 6.09 Å². The summed E-state index contributed by atoms with van der Waals surface area (Å²) in [5.41, 5.74) is 1.18. The van der Waals surface area contributed by atoms with Crippen LogP contribution in [0.15, 0.2) is 30.3 Å². The van der Waals surface area contributed by atoms with Crippen LogP contribution in [0.25, 0.3) is 0 Å². The first-order valence-corrected chi connectivity index (χ1v) is 7.41. The molecular weight excluding hydrogens is 270 g/mol. The second kappa shape index (κ2) is 8.00. The van der Waals surface area contributed by atoms with E-state index in [0.717, 1.165) is 6.42 Å². The molecule has 1 saturated heterocycles. The third-order valence-electron chi connectivity index (χ3n) is 3.49. The average Bonchev–Trinajstić information content (AvgIpc) is 2.90. The Bertz CT molecular complexity index is 437. The molecule has 1 heterocycles. The molecule has 2 rings (SSSR count). The molecule has 1 amide bonds. The van der Waals surface area contributed by atoms with Crippen LogP contribution in [0, 0.1) is 0 Å². The normalized spacial score (nSPS) is 22.8. The van der Waals surface area contributed by atoms with E-state index in [1.807, 2.05) is 25.1 Å². The lowest BCUT2D eigenvalue weighted by molar-refractivity contribution is -0.0441. The van der Waals surface area contributed by atoms with Gasteiger partial charge in [-0.25, -0.2) is 4.79 Å². The summed E-state index contributed by atoms with van der Waals surface area (Å²) < 4.78 is 16.0. The molecule has 1 aromatic carbocycles. The van der Waals surface area contributed by atoms with Crippen LogP contribution < -0.4 is 5.32 Å². The van der Waals surface area contributed by atoms with Crippen LogP contribution in [0.5, 0.6) is 0 Å². The minimum Gasteiger partial charge on any atom is -0.450 e. The van der Waals surface area contributed by atoms with Crippen LogP contribution in [0.2, 0.25) is 0 Å². The summed E-state index contributed by atoms with van der Waals surface area (Å²) >= 11 is 0. The van der Waals surface area contributed by atoms with Gasteiger partial charge in [0.25, 0.3) is 0 Å². The molecular formula is C16H23NO4. The van der Waals surface area contributed by atoms with E-state index in [1.165, 1.54) is 5.56 Å². The highest BCUT2D eigenvalue weighted by Gasteiger charge is 2.26. The van der Waals surface area contributed by atoms with Gasteiger partial charge in [0.05, 0.1) is 19.3 Å². The minimum atomic E-state index is -0.379. The lowest BCUT2D eigenvalue weighted by Gasteiger charge is -2.20. The molecule has 116 valence electrons. The average molecular weight is 293 g/mol. The Labute approximate surface area is 125 Å². The Morgan fingerprint density at radius 2 is 2.19 bits per heavy atom. The zero-order valence-electron chi connectivity index (χ0n) is 12.6. The van der Waals surface area contributed by atoms with Crippen molar-refractivity contribution in [3.05, 3.63) is 35.9 Å². The highest BCUT2D eigenvalue weighted by molar-refractivity contribution is 5.67. The molecule has 0 bridgehead atoms. The number of amides is 1. The second-order valence-electron chi connectivity index (χ2n) is 5.10. The number of ether oxygens (including phenoxy) is 3. The molecule has 0 aliphatic carbocycles. The molecule has 1 N–H and O–H groups in total. The van der Waals surface area contributed by atoms with E-state index < -0.39 is 0 Å². The largest absolute Gasteiger partial charge is 0.450 e. The molecule has 0 aromatic heterocycles. The standard InChI is InChI=1S/C16H23NO4/c1-3-19-16(18)17-10-14(13-7-5-4-6-8-13)9-15-11-20-12(2)21-15/h4-8,12,14-15H,3,9-11H2,1-2H3,(H,17,18). The van der Waals surface area contributed by atoms with Gasteiger partial charge < -0.3 is 19.5 Å². The molecule has 3 unspecified atom stereocenters. The summed E-state index contributed by atoms with van der Waals surface area (Å²) in [5.74, 6) is 0.175. The summed E-state index contributed by atoms with van der Waals surface area (Å²) in [6, 6.07) is 10.1. The molecule has 1 aliphatic heterocycles. The van der Waals surface area contributed by atoms with Crippen LogP contribution in [0.3, 0.4) is 0 Å². The van der Waals surface area contributed by atoms with Crippen LogP contribution in [-0.4, -0.2) is 38.2 Å². The van der Waals surface area contributed by atoms with E-state index in [1.54, 1.807) is 6.92 Å². The van der Waals surface area contributed by atoms with Crippen molar-refractivity contribution >= 4 is 6.09 Å². The molecule has 1 fully saturated rings. The minimum absolute atomic E-state index is 0.0641. The maximum Gasteiger partial charge on any atom is 0.407 e. The summed E-state index contributed by atoms with van der Waals surface area (Å²) in [6.07, 6.45) is 0.342. The first kappa shape index (κ1) is 15.8. The van der Waals surface area contributed by atoms with Crippen LogP contribution in [0.1, 0.15) is 31.7 Å². The maximum absolute atomic E-state index is 11.5. The van der Waals surface area contributed by atoms with Crippen LogP contribution >= 0.6 is 0 Å². The van der Waals surface area contributed by atoms with Gasteiger partial charge in [-0.1, -0.05) is 30.3 Å². The number of rotatable bonds is 6. The molecule has 3 atom stereocenters. The topological polar surface area (TPSA) is 56.8 Å². The summed E-state index contributed by atoms with van der Waals surface area (Å²) in [4.78, 5) is 11.5. The smallest absolute Gasteiger partial charge is 0.407 e. The van der Waals surface area contributed by atoms with Gasteiger partial charge in [0.15, 0.2) is 6.29 Å². The van der Waals surface area contributed by atoms with Gasteiger partial charge in [-0.15, -0.1) is 0 Å². The van der Waals surface area contributed by atoms with E-state index >= 15 is 0 Å². The highest BCUT2D eigenvalue weighted by atomic mass is 16.7. The van der Waals surface area contributed by atoms with Crippen molar-refractivity contribution in [2.24, 2.45) is 0 Å². The fraction of sp³-hybridized carbons (Fsp3) is 0.562. The van der Waals surface area contributed by atoms with Crippen molar-refractivity contribution in [3.63, 3.8) is 0 Å².